The molecule has 112 valence electrons. The Hall–Kier alpha value is -2.50. The normalized spacial score (nSPS) is 12.2. The first-order valence-electron chi connectivity index (χ1n) is 6.29. The molecule has 2 aromatic carbocycles. The average molecular weight is 295 g/mol. The third-order valence-corrected chi connectivity index (χ3v) is 2.94. The van der Waals surface area contributed by atoms with Crippen LogP contribution in [0.15, 0.2) is 42.5 Å². The molecule has 0 aromatic heterocycles. The van der Waals surface area contributed by atoms with Crippen LogP contribution in [0.4, 0.5) is 14.5 Å². The average Bonchev–Trinajstić information content (AvgIpc) is 2.37. The van der Waals surface area contributed by atoms with Gasteiger partial charge < -0.3 is 20.3 Å². The fourth-order valence-electron chi connectivity index (χ4n) is 2.07. The lowest BCUT2D eigenvalue weighted by Crippen LogP contribution is -2.08. The Kier molecular flexibility index (Phi) is 4.47. The Bertz CT molecular complexity index is 599. The summed E-state index contributed by atoms with van der Waals surface area (Å²) < 4.78 is 28.7. The van der Waals surface area contributed by atoms with Gasteiger partial charge in [0.15, 0.2) is 0 Å². The predicted molar refractivity (Wildman–Crippen MR) is 74.9 cm³/mol. The van der Waals surface area contributed by atoms with E-state index < -0.39 is 12.7 Å². The maximum absolute atomic E-state index is 12.2. The van der Waals surface area contributed by atoms with Gasteiger partial charge in [-0.3, -0.25) is 0 Å². The van der Waals surface area contributed by atoms with Crippen molar-refractivity contribution in [2.45, 2.75) is 19.6 Å². The van der Waals surface area contributed by atoms with Crippen molar-refractivity contribution in [1.82, 2.24) is 0 Å². The third kappa shape index (κ3) is 3.75. The Labute approximate surface area is 120 Å². The number of aromatic hydroxyl groups is 2. The molecule has 0 aliphatic carbocycles. The van der Waals surface area contributed by atoms with Gasteiger partial charge in [-0.15, -0.1) is 0 Å². The summed E-state index contributed by atoms with van der Waals surface area (Å²) in [6, 6.07) is 10.1. The summed E-state index contributed by atoms with van der Waals surface area (Å²) in [7, 11) is 0. The summed E-state index contributed by atoms with van der Waals surface area (Å²) in [5, 5.41) is 22.6. The van der Waals surface area contributed by atoms with E-state index in [1.54, 1.807) is 19.1 Å². The monoisotopic (exact) mass is 295 g/mol. The maximum Gasteiger partial charge on any atom is 0.387 e. The second-order valence-electron chi connectivity index (χ2n) is 4.48. The third-order valence-electron chi connectivity index (χ3n) is 2.94. The molecular weight excluding hydrogens is 280 g/mol. The predicted octanol–water partition coefficient (Wildman–Crippen LogP) is 3.87. The highest BCUT2D eigenvalue weighted by Gasteiger charge is 2.15. The second-order valence-corrected chi connectivity index (χ2v) is 4.48. The first-order valence-corrected chi connectivity index (χ1v) is 6.29. The van der Waals surface area contributed by atoms with Crippen LogP contribution in [0, 0.1) is 0 Å². The van der Waals surface area contributed by atoms with Gasteiger partial charge in [-0.2, -0.15) is 8.78 Å². The van der Waals surface area contributed by atoms with Gasteiger partial charge in [0.2, 0.25) is 0 Å². The van der Waals surface area contributed by atoms with E-state index in [1.165, 1.54) is 30.3 Å². The molecule has 0 heterocycles. The van der Waals surface area contributed by atoms with Crippen molar-refractivity contribution in [3.05, 3.63) is 48.0 Å². The molecular formula is C15H15F2NO3. The molecule has 0 saturated heterocycles. The van der Waals surface area contributed by atoms with Crippen molar-refractivity contribution in [1.29, 1.82) is 0 Å². The largest absolute Gasteiger partial charge is 0.507 e. The number of benzene rings is 2. The molecule has 3 N–H and O–H groups in total. The molecule has 4 nitrogen and oxygen atoms in total. The van der Waals surface area contributed by atoms with Crippen molar-refractivity contribution in [3.8, 4) is 17.2 Å². The summed E-state index contributed by atoms with van der Waals surface area (Å²) in [5.74, 6) is -0.0614. The molecule has 6 heteroatoms. The number of nitrogens with one attached hydrogen (secondary N) is 1. The van der Waals surface area contributed by atoms with E-state index in [2.05, 4.69) is 10.1 Å². The maximum atomic E-state index is 12.2. The van der Waals surface area contributed by atoms with E-state index in [1.807, 2.05) is 0 Å². The van der Waals surface area contributed by atoms with Crippen LogP contribution in [-0.4, -0.2) is 16.8 Å². The SMILES string of the molecule is CC(Nc1cccc(OC(F)F)c1)c1c(O)cccc1O. The van der Waals surface area contributed by atoms with Crippen molar-refractivity contribution in [3.63, 3.8) is 0 Å². The minimum absolute atomic E-state index is 0.0312. The molecule has 0 bridgehead atoms. The van der Waals surface area contributed by atoms with Gasteiger partial charge in [0.25, 0.3) is 0 Å². The zero-order chi connectivity index (χ0) is 15.4. The quantitative estimate of drug-likeness (QED) is 0.783. The lowest BCUT2D eigenvalue weighted by molar-refractivity contribution is -0.0498. The molecule has 0 saturated carbocycles. The first kappa shape index (κ1) is 14.9. The first-order chi connectivity index (χ1) is 9.97. The van der Waals surface area contributed by atoms with E-state index in [0.29, 0.717) is 11.3 Å². The van der Waals surface area contributed by atoms with Crippen molar-refractivity contribution < 1.29 is 23.7 Å². The summed E-state index contributed by atoms with van der Waals surface area (Å²) in [6.45, 7) is -1.16. The fraction of sp³-hybridized carbons (Fsp3) is 0.200. The summed E-state index contributed by atoms with van der Waals surface area (Å²) in [6.07, 6.45) is 0. The molecule has 0 radical (unpaired) electrons. The van der Waals surface area contributed by atoms with Gasteiger partial charge in [0, 0.05) is 11.8 Å². The highest BCUT2D eigenvalue weighted by molar-refractivity contribution is 5.53. The van der Waals surface area contributed by atoms with E-state index in [-0.39, 0.29) is 17.2 Å². The molecule has 1 unspecified atom stereocenters. The topological polar surface area (TPSA) is 61.7 Å². The number of rotatable bonds is 5. The number of halogens is 2. The Morgan fingerprint density at radius 2 is 1.67 bits per heavy atom. The zero-order valence-corrected chi connectivity index (χ0v) is 11.3. The highest BCUT2D eigenvalue weighted by atomic mass is 19.3. The molecule has 0 aliphatic heterocycles. The van der Waals surface area contributed by atoms with Gasteiger partial charge >= 0.3 is 6.61 Å². The van der Waals surface area contributed by atoms with Gasteiger partial charge in [0.05, 0.1) is 11.6 Å². The van der Waals surface area contributed by atoms with E-state index >= 15 is 0 Å². The number of hydrogen-bond donors (Lipinski definition) is 3. The van der Waals surface area contributed by atoms with Crippen molar-refractivity contribution in [2.24, 2.45) is 0 Å². The van der Waals surface area contributed by atoms with Crippen LogP contribution in [0.25, 0.3) is 0 Å². The molecule has 2 aromatic rings. The van der Waals surface area contributed by atoms with Crippen LogP contribution in [0.5, 0.6) is 17.2 Å². The molecule has 0 spiro atoms. The number of anilines is 1. The van der Waals surface area contributed by atoms with Crippen LogP contribution in [0.2, 0.25) is 0 Å². The lowest BCUT2D eigenvalue weighted by Gasteiger charge is -2.18. The van der Waals surface area contributed by atoms with E-state index in [4.69, 9.17) is 0 Å². The number of hydrogen-bond acceptors (Lipinski definition) is 4. The smallest absolute Gasteiger partial charge is 0.387 e. The summed E-state index contributed by atoms with van der Waals surface area (Å²) in [5.41, 5.74) is 0.862. The van der Waals surface area contributed by atoms with Crippen molar-refractivity contribution in [2.75, 3.05) is 5.32 Å². The van der Waals surface area contributed by atoms with E-state index in [0.717, 1.165) is 0 Å². The zero-order valence-electron chi connectivity index (χ0n) is 11.3. The van der Waals surface area contributed by atoms with Crippen LogP contribution in [0.1, 0.15) is 18.5 Å². The fourth-order valence-corrected chi connectivity index (χ4v) is 2.07. The number of alkyl halides is 2. The molecule has 21 heavy (non-hydrogen) atoms. The van der Waals surface area contributed by atoms with Crippen LogP contribution >= 0.6 is 0 Å². The van der Waals surface area contributed by atoms with Crippen LogP contribution in [-0.2, 0) is 0 Å². The van der Waals surface area contributed by atoms with Crippen LogP contribution < -0.4 is 10.1 Å². The molecule has 0 fully saturated rings. The number of phenols is 2. The van der Waals surface area contributed by atoms with Gasteiger partial charge in [-0.1, -0.05) is 12.1 Å². The van der Waals surface area contributed by atoms with Gasteiger partial charge in [-0.25, -0.2) is 0 Å². The lowest BCUT2D eigenvalue weighted by atomic mass is 10.1. The molecule has 0 aliphatic rings. The Balaban J connectivity index is 2.18. The summed E-state index contributed by atoms with van der Waals surface area (Å²) in [4.78, 5) is 0. The number of ether oxygens (including phenoxy) is 1. The minimum Gasteiger partial charge on any atom is -0.507 e. The second kappa shape index (κ2) is 6.30. The Morgan fingerprint density at radius 1 is 1.05 bits per heavy atom. The standard InChI is InChI=1S/C15H15F2NO3/c1-9(14-12(19)6-3-7-13(14)20)18-10-4-2-5-11(8-10)21-15(16)17/h2-9,15,18-20H,1H3. The van der Waals surface area contributed by atoms with Gasteiger partial charge in [0.1, 0.15) is 17.2 Å². The van der Waals surface area contributed by atoms with Gasteiger partial charge in [-0.05, 0) is 31.2 Å². The molecule has 2 rings (SSSR count). The minimum atomic E-state index is -2.89. The van der Waals surface area contributed by atoms with Crippen molar-refractivity contribution >= 4 is 5.69 Å². The Morgan fingerprint density at radius 3 is 2.29 bits per heavy atom. The van der Waals surface area contributed by atoms with E-state index in [9.17, 15) is 19.0 Å². The number of phenolic OH excluding ortho intramolecular Hbond substituents is 2. The summed E-state index contributed by atoms with van der Waals surface area (Å²) >= 11 is 0. The highest BCUT2D eigenvalue weighted by Crippen LogP contribution is 2.34. The molecule has 0 amide bonds. The molecule has 1 atom stereocenters. The van der Waals surface area contributed by atoms with Crippen LogP contribution in [0.3, 0.4) is 0 Å².